The zero-order valence-electron chi connectivity index (χ0n) is 5.54. The van der Waals surface area contributed by atoms with Crippen molar-refractivity contribution in [2.75, 3.05) is 13.2 Å². The summed E-state index contributed by atoms with van der Waals surface area (Å²) < 4.78 is 5.14. The van der Waals surface area contributed by atoms with Crippen LogP contribution in [0.2, 0.25) is 0 Å². The molecule has 0 unspecified atom stereocenters. The molecule has 2 fully saturated rings. The van der Waals surface area contributed by atoms with Gasteiger partial charge >= 0.3 is 0 Å². The largest absolute Gasteiger partial charge is 0.379 e. The lowest BCUT2D eigenvalue weighted by Gasteiger charge is -2.05. The molecule has 3 N–H and O–H groups in total. The molecule has 2 aliphatic rings. The van der Waals surface area contributed by atoms with Gasteiger partial charge in [-0.15, -0.1) is 0 Å². The number of hydrogen-bond acceptors (Lipinski definition) is 3. The molecule has 0 aromatic heterocycles. The molecule has 10 heavy (non-hydrogen) atoms. The molecule has 0 radical (unpaired) electrons. The van der Waals surface area contributed by atoms with E-state index in [1.165, 1.54) is 0 Å². The highest BCUT2D eigenvalue weighted by Crippen LogP contribution is 2.21. The molecule has 2 saturated heterocycles. The van der Waals surface area contributed by atoms with Crippen LogP contribution in [0.5, 0.6) is 0 Å². The maximum absolute atomic E-state index is 10.9. The van der Waals surface area contributed by atoms with E-state index in [-0.39, 0.29) is 23.9 Å². The van der Waals surface area contributed by atoms with Crippen molar-refractivity contribution >= 4 is 5.91 Å². The normalized spacial score (nSPS) is 45.3. The van der Waals surface area contributed by atoms with Crippen LogP contribution < -0.4 is 11.1 Å². The van der Waals surface area contributed by atoms with Gasteiger partial charge < -0.3 is 15.8 Å². The molecule has 0 saturated carbocycles. The van der Waals surface area contributed by atoms with Crippen molar-refractivity contribution in [2.45, 2.75) is 12.1 Å². The van der Waals surface area contributed by atoms with Crippen LogP contribution in [0.25, 0.3) is 0 Å². The number of amides is 1. The van der Waals surface area contributed by atoms with E-state index < -0.39 is 0 Å². The molecular weight excluding hydrogens is 132 g/mol. The maximum Gasteiger partial charge on any atom is 0.237 e. The third-order valence-electron chi connectivity index (χ3n) is 2.22. The van der Waals surface area contributed by atoms with Gasteiger partial charge in [0, 0.05) is 5.92 Å². The number of rotatable bonds is 0. The van der Waals surface area contributed by atoms with E-state index in [1.54, 1.807) is 0 Å². The predicted molar refractivity (Wildman–Crippen MR) is 34.2 cm³/mol. The molecular formula is C6H10N2O2. The lowest BCUT2D eigenvalue weighted by molar-refractivity contribution is -0.121. The molecule has 2 rings (SSSR count). The van der Waals surface area contributed by atoms with Crippen molar-refractivity contribution in [3.8, 4) is 0 Å². The van der Waals surface area contributed by atoms with Crippen LogP contribution in [0.3, 0.4) is 0 Å². The Morgan fingerprint density at radius 1 is 1.60 bits per heavy atom. The van der Waals surface area contributed by atoms with E-state index in [0.717, 1.165) is 0 Å². The van der Waals surface area contributed by atoms with Gasteiger partial charge in [0.15, 0.2) is 0 Å². The van der Waals surface area contributed by atoms with Crippen LogP contribution in [0.4, 0.5) is 0 Å². The minimum Gasteiger partial charge on any atom is -0.379 e. The van der Waals surface area contributed by atoms with Crippen LogP contribution in [-0.4, -0.2) is 31.2 Å². The van der Waals surface area contributed by atoms with Crippen LogP contribution in [0.1, 0.15) is 0 Å². The smallest absolute Gasteiger partial charge is 0.237 e. The van der Waals surface area contributed by atoms with Crippen molar-refractivity contribution in [1.82, 2.24) is 5.32 Å². The minimum absolute atomic E-state index is 0.0294. The third kappa shape index (κ3) is 0.660. The lowest BCUT2D eigenvalue weighted by atomic mass is 10.0. The Morgan fingerprint density at radius 3 is 3.10 bits per heavy atom. The summed E-state index contributed by atoms with van der Waals surface area (Å²) in [6.07, 6.45) is 0. The quantitative estimate of drug-likeness (QED) is 0.431. The van der Waals surface area contributed by atoms with E-state index >= 15 is 0 Å². The molecule has 4 heteroatoms. The highest BCUT2D eigenvalue weighted by atomic mass is 16.5. The third-order valence-corrected chi connectivity index (χ3v) is 2.22. The van der Waals surface area contributed by atoms with Gasteiger partial charge in [-0.2, -0.15) is 0 Å². The number of hydrogen-bond donors (Lipinski definition) is 2. The van der Waals surface area contributed by atoms with Gasteiger partial charge in [-0.05, 0) is 0 Å². The maximum atomic E-state index is 10.9. The highest BCUT2D eigenvalue weighted by Gasteiger charge is 2.43. The fourth-order valence-corrected chi connectivity index (χ4v) is 1.55. The van der Waals surface area contributed by atoms with Gasteiger partial charge in [-0.1, -0.05) is 0 Å². The standard InChI is InChI=1S/C6H10N2O2/c7-5-3-1-10-2-4(3)8-6(5)9/h3-5H,1-2,7H2,(H,8,9)/t3-,4+,5+/m0/s1. The van der Waals surface area contributed by atoms with Gasteiger partial charge in [-0.25, -0.2) is 0 Å². The number of carbonyl (C=O) groups is 1. The Balaban J connectivity index is 2.16. The first-order valence-electron chi connectivity index (χ1n) is 3.43. The Hall–Kier alpha value is -0.610. The molecule has 0 aromatic rings. The summed E-state index contributed by atoms with van der Waals surface area (Å²) in [5.41, 5.74) is 5.57. The van der Waals surface area contributed by atoms with Crippen LogP contribution in [-0.2, 0) is 9.53 Å². The molecule has 0 spiro atoms. The number of ether oxygens (including phenoxy) is 1. The van der Waals surface area contributed by atoms with Crippen molar-refractivity contribution < 1.29 is 9.53 Å². The summed E-state index contributed by atoms with van der Waals surface area (Å²) >= 11 is 0. The summed E-state index contributed by atoms with van der Waals surface area (Å²) in [7, 11) is 0. The van der Waals surface area contributed by atoms with E-state index in [0.29, 0.717) is 13.2 Å². The topological polar surface area (TPSA) is 64.4 Å². The highest BCUT2D eigenvalue weighted by molar-refractivity contribution is 5.84. The SMILES string of the molecule is N[C@H]1C(=O)N[C@@H]2COC[C@@H]21. The van der Waals surface area contributed by atoms with Crippen molar-refractivity contribution in [1.29, 1.82) is 0 Å². The molecule has 0 bridgehead atoms. The van der Waals surface area contributed by atoms with Crippen LogP contribution >= 0.6 is 0 Å². The van der Waals surface area contributed by atoms with Crippen LogP contribution in [0, 0.1) is 5.92 Å². The van der Waals surface area contributed by atoms with E-state index in [4.69, 9.17) is 10.5 Å². The predicted octanol–water partition coefficient (Wildman–Crippen LogP) is -1.54. The second-order valence-corrected chi connectivity index (χ2v) is 2.84. The molecule has 1 amide bonds. The first-order chi connectivity index (χ1) is 4.79. The molecule has 0 aromatic carbocycles. The van der Waals surface area contributed by atoms with Gasteiger partial charge in [0.2, 0.25) is 5.91 Å². The van der Waals surface area contributed by atoms with Crippen molar-refractivity contribution in [3.05, 3.63) is 0 Å². The average molecular weight is 142 g/mol. The number of fused-ring (bicyclic) bond motifs is 1. The molecule has 3 atom stereocenters. The Labute approximate surface area is 58.7 Å². The fraction of sp³-hybridized carbons (Fsp3) is 0.833. The Bertz CT molecular complexity index is 171. The average Bonchev–Trinajstić information content (AvgIpc) is 2.41. The Kier molecular flexibility index (Phi) is 1.18. The fourth-order valence-electron chi connectivity index (χ4n) is 1.55. The molecule has 4 nitrogen and oxygen atoms in total. The molecule has 56 valence electrons. The van der Waals surface area contributed by atoms with Gasteiger partial charge in [0.1, 0.15) is 0 Å². The van der Waals surface area contributed by atoms with Gasteiger partial charge in [0.25, 0.3) is 0 Å². The van der Waals surface area contributed by atoms with Gasteiger partial charge in [-0.3, -0.25) is 4.79 Å². The first kappa shape index (κ1) is 6.12. The Morgan fingerprint density at radius 2 is 2.40 bits per heavy atom. The monoisotopic (exact) mass is 142 g/mol. The van der Waals surface area contributed by atoms with Crippen molar-refractivity contribution in [3.63, 3.8) is 0 Å². The zero-order chi connectivity index (χ0) is 7.14. The number of nitrogens with two attached hydrogens (primary N) is 1. The van der Waals surface area contributed by atoms with Gasteiger partial charge in [0.05, 0.1) is 25.3 Å². The summed E-state index contributed by atoms with van der Waals surface area (Å²) in [6.45, 7) is 1.26. The zero-order valence-corrected chi connectivity index (χ0v) is 5.54. The lowest BCUT2D eigenvalue weighted by Crippen LogP contribution is -2.35. The minimum atomic E-state index is -0.340. The second kappa shape index (κ2) is 1.93. The van der Waals surface area contributed by atoms with E-state index in [1.807, 2.05) is 0 Å². The number of nitrogens with one attached hydrogen (secondary N) is 1. The molecule has 2 heterocycles. The summed E-state index contributed by atoms with van der Waals surface area (Å²) in [6, 6.07) is -0.157. The van der Waals surface area contributed by atoms with E-state index in [9.17, 15) is 4.79 Å². The molecule has 0 aliphatic carbocycles. The summed E-state index contributed by atoms with van der Waals surface area (Å²) in [4.78, 5) is 10.9. The summed E-state index contributed by atoms with van der Waals surface area (Å²) in [5, 5.41) is 2.78. The summed E-state index contributed by atoms with van der Waals surface area (Å²) in [5.74, 6) is 0.186. The van der Waals surface area contributed by atoms with E-state index in [2.05, 4.69) is 5.32 Å². The first-order valence-corrected chi connectivity index (χ1v) is 3.43. The number of carbonyl (C=O) groups excluding carboxylic acids is 1. The second-order valence-electron chi connectivity index (χ2n) is 2.84. The van der Waals surface area contributed by atoms with Crippen LogP contribution in [0.15, 0.2) is 0 Å². The molecule has 2 aliphatic heterocycles. The van der Waals surface area contributed by atoms with Crippen molar-refractivity contribution in [2.24, 2.45) is 11.7 Å².